The third-order valence-electron chi connectivity index (χ3n) is 8.77. The predicted molar refractivity (Wildman–Crippen MR) is 160 cm³/mol. The molecule has 1 saturated carbocycles. The number of urea groups is 1. The summed E-state index contributed by atoms with van der Waals surface area (Å²) in [5.74, 6) is -2.28. The molecule has 1 aliphatic carbocycles. The van der Waals surface area contributed by atoms with Gasteiger partial charge in [-0.05, 0) is 85.7 Å². The van der Waals surface area contributed by atoms with Crippen molar-refractivity contribution in [2.24, 2.45) is 0 Å². The maximum absolute atomic E-state index is 14.1. The summed E-state index contributed by atoms with van der Waals surface area (Å²) >= 11 is 5.95. The van der Waals surface area contributed by atoms with Gasteiger partial charge in [-0.1, -0.05) is 23.7 Å². The number of likely N-dealkylation sites (tertiary alicyclic amines) is 1. The van der Waals surface area contributed by atoms with Crippen molar-refractivity contribution in [1.82, 2.24) is 9.80 Å². The Hall–Kier alpha value is -3.82. The fourth-order valence-corrected chi connectivity index (χ4v) is 6.16. The molecule has 1 heterocycles. The summed E-state index contributed by atoms with van der Waals surface area (Å²) in [7, 11) is 1.85. The van der Waals surface area contributed by atoms with Crippen molar-refractivity contribution in [3.8, 4) is 0 Å². The van der Waals surface area contributed by atoms with E-state index in [0.29, 0.717) is 28.3 Å². The Balaban J connectivity index is 1.10. The van der Waals surface area contributed by atoms with Crippen LogP contribution in [0.25, 0.3) is 0 Å². The normalized spacial score (nSPS) is 19.9. The lowest BCUT2D eigenvalue weighted by Gasteiger charge is -2.37. The number of ketones is 1. The molecule has 3 aromatic carbocycles. The van der Waals surface area contributed by atoms with Crippen molar-refractivity contribution >= 4 is 35.0 Å². The second-order valence-corrected chi connectivity index (χ2v) is 11.9. The number of carbonyl (C=O) groups excluding carboxylic acids is 3. The van der Waals surface area contributed by atoms with Crippen LogP contribution in [0.4, 0.5) is 19.3 Å². The van der Waals surface area contributed by atoms with E-state index in [0.717, 1.165) is 37.8 Å². The Morgan fingerprint density at radius 1 is 0.930 bits per heavy atom. The molecule has 2 aliphatic rings. The van der Waals surface area contributed by atoms with E-state index in [2.05, 4.69) is 5.32 Å². The van der Waals surface area contributed by atoms with Crippen molar-refractivity contribution < 1.29 is 28.3 Å². The van der Waals surface area contributed by atoms with Gasteiger partial charge >= 0.3 is 6.03 Å². The SMILES string of the molecule is CN(C(=O)c1ccc(Cl)cc1)C1CCC(c2ccc(NC(=O)N3CCC(O)(C(=O)c4ccc(F)cc4F)CC3)cc2)CC1. The molecular weight excluding hydrogens is 576 g/mol. The van der Waals surface area contributed by atoms with Gasteiger partial charge in [-0.2, -0.15) is 0 Å². The van der Waals surface area contributed by atoms with Gasteiger partial charge in [0.15, 0.2) is 5.78 Å². The minimum absolute atomic E-state index is 0.00743. The van der Waals surface area contributed by atoms with Crippen LogP contribution in [-0.4, -0.2) is 64.4 Å². The van der Waals surface area contributed by atoms with E-state index in [1.165, 1.54) is 10.5 Å². The van der Waals surface area contributed by atoms with Crippen LogP contribution in [-0.2, 0) is 0 Å². The molecule has 0 spiro atoms. The molecule has 0 atom stereocenters. The van der Waals surface area contributed by atoms with E-state index in [9.17, 15) is 28.3 Å². The number of benzene rings is 3. The van der Waals surface area contributed by atoms with E-state index in [1.54, 1.807) is 24.3 Å². The van der Waals surface area contributed by atoms with Gasteiger partial charge in [-0.3, -0.25) is 9.59 Å². The van der Waals surface area contributed by atoms with E-state index in [1.807, 2.05) is 36.2 Å². The summed E-state index contributed by atoms with van der Waals surface area (Å²) < 4.78 is 27.3. The number of amides is 3. The highest BCUT2D eigenvalue weighted by atomic mass is 35.5. The topological polar surface area (TPSA) is 90.0 Å². The number of hydrogen-bond donors (Lipinski definition) is 2. The largest absolute Gasteiger partial charge is 0.382 e. The van der Waals surface area contributed by atoms with Crippen LogP contribution in [0.15, 0.2) is 66.7 Å². The molecule has 0 radical (unpaired) electrons. The first-order valence-corrected chi connectivity index (χ1v) is 14.8. The van der Waals surface area contributed by atoms with Gasteiger partial charge in [-0.25, -0.2) is 13.6 Å². The van der Waals surface area contributed by atoms with Crippen LogP contribution in [0, 0.1) is 11.6 Å². The first-order valence-electron chi connectivity index (χ1n) is 14.4. The van der Waals surface area contributed by atoms with Crippen molar-refractivity contribution in [1.29, 1.82) is 0 Å². The number of carbonyl (C=O) groups is 3. The first kappa shape index (κ1) is 30.6. The van der Waals surface area contributed by atoms with Crippen LogP contribution in [0.3, 0.4) is 0 Å². The molecule has 3 amide bonds. The molecular formula is C33H34ClF2N3O4. The molecule has 0 unspecified atom stereocenters. The molecule has 226 valence electrons. The van der Waals surface area contributed by atoms with Crippen molar-refractivity contribution in [3.05, 3.63) is 100 Å². The fourth-order valence-electron chi connectivity index (χ4n) is 6.03. The van der Waals surface area contributed by atoms with Gasteiger partial charge in [0.1, 0.15) is 17.2 Å². The predicted octanol–water partition coefficient (Wildman–Crippen LogP) is 6.66. The number of nitrogens with one attached hydrogen (secondary N) is 1. The Bertz CT molecular complexity index is 1480. The standard InChI is InChI=1S/C33H34ClF2N3O4/c1-38(31(41)23-2-8-24(34)9-3-23)27-13-6-22(7-14-27)21-4-11-26(12-5-21)37-32(42)39-18-16-33(43,17-19-39)30(40)28-15-10-25(35)20-29(28)36/h2-5,8-12,15,20,22,27,43H,6-7,13-14,16-19H2,1H3,(H,37,42). The summed E-state index contributed by atoms with van der Waals surface area (Å²) in [6.45, 7) is 0.209. The van der Waals surface area contributed by atoms with Crippen LogP contribution in [0.5, 0.6) is 0 Å². The molecule has 5 rings (SSSR count). The maximum Gasteiger partial charge on any atom is 0.321 e. The lowest BCUT2D eigenvalue weighted by molar-refractivity contribution is 0.000756. The molecule has 3 aromatic rings. The van der Waals surface area contributed by atoms with Gasteiger partial charge < -0.3 is 20.2 Å². The van der Waals surface area contributed by atoms with Crippen LogP contribution in [0.1, 0.15) is 70.7 Å². The second-order valence-electron chi connectivity index (χ2n) is 11.5. The monoisotopic (exact) mass is 609 g/mol. The molecule has 7 nitrogen and oxygen atoms in total. The number of rotatable bonds is 6. The average Bonchev–Trinajstić information content (AvgIpc) is 3.01. The van der Waals surface area contributed by atoms with Crippen molar-refractivity contribution in [3.63, 3.8) is 0 Å². The molecule has 2 N–H and O–H groups in total. The second kappa shape index (κ2) is 12.8. The third-order valence-corrected chi connectivity index (χ3v) is 9.02. The zero-order chi connectivity index (χ0) is 30.7. The van der Waals surface area contributed by atoms with Crippen molar-refractivity contribution in [2.75, 3.05) is 25.5 Å². The molecule has 1 saturated heterocycles. The highest BCUT2D eigenvalue weighted by molar-refractivity contribution is 6.30. The quantitative estimate of drug-likeness (QED) is 0.306. The molecule has 43 heavy (non-hydrogen) atoms. The third kappa shape index (κ3) is 6.89. The minimum Gasteiger partial charge on any atom is -0.382 e. The van der Waals surface area contributed by atoms with Crippen LogP contribution >= 0.6 is 11.6 Å². The lowest BCUT2D eigenvalue weighted by atomic mass is 9.81. The van der Waals surface area contributed by atoms with Gasteiger partial charge in [0.25, 0.3) is 5.91 Å². The van der Waals surface area contributed by atoms with E-state index >= 15 is 0 Å². The average molecular weight is 610 g/mol. The fraction of sp³-hybridized carbons (Fsp3) is 0.364. The van der Waals surface area contributed by atoms with Gasteiger partial charge in [0.2, 0.25) is 0 Å². The molecule has 0 bridgehead atoms. The smallest absolute Gasteiger partial charge is 0.321 e. The Morgan fingerprint density at radius 3 is 2.16 bits per heavy atom. The first-order chi connectivity index (χ1) is 20.5. The van der Waals surface area contributed by atoms with Crippen LogP contribution in [0.2, 0.25) is 5.02 Å². The van der Waals surface area contributed by atoms with Gasteiger partial charge in [-0.15, -0.1) is 0 Å². The number of piperidine rings is 1. The Morgan fingerprint density at radius 2 is 1.56 bits per heavy atom. The Kier molecular flexibility index (Phi) is 9.13. The molecule has 10 heteroatoms. The minimum atomic E-state index is -1.83. The highest BCUT2D eigenvalue weighted by Crippen LogP contribution is 2.35. The lowest BCUT2D eigenvalue weighted by Crippen LogP contribution is -2.52. The van der Waals surface area contributed by atoms with Crippen LogP contribution < -0.4 is 5.32 Å². The van der Waals surface area contributed by atoms with Crippen molar-refractivity contribution in [2.45, 2.75) is 56.1 Å². The summed E-state index contributed by atoms with van der Waals surface area (Å²) in [6, 6.07) is 17.1. The van der Waals surface area contributed by atoms with E-state index in [-0.39, 0.29) is 49.5 Å². The van der Waals surface area contributed by atoms with E-state index < -0.39 is 23.0 Å². The number of nitrogens with zero attached hydrogens (tertiary/aromatic N) is 2. The summed E-state index contributed by atoms with van der Waals surface area (Å²) in [4.78, 5) is 41.9. The zero-order valence-electron chi connectivity index (χ0n) is 23.9. The number of Topliss-reactive ketones (excluding diaryl/α,β-unsaturated/α-hetero) is 1. The summed E-state index contributed by atoms with van der Waals surface area (Å²) in [5, 5.41) is 14.3. The summed E-state index contributed by atoms with van der Waals surface area (Å²) in [5.41, 5.74) is 0.238. The maximum atomic E-state index is 14.1. The molecule has 2 fully saturated rings. The van der Waals surface area contributed by atoms with Gasteiger partial charge in [0.05, 0.1) is 5.56 Å². The number of halogens is 3. The van der Waals surface area contributed by atoms with E-state index in [4.69, 9.17) is 11.6 Å². The molecule has 0 aromatic heterocycles. The summed E-state index contributed by atoms with van der Waals surface area (Å²) in [6.07, 6.45) is 3.58. The van der Waals surface area contributed by atoms with Gasteiger partial charge in [0, 0.05) is 61.4 Å². The Labute approximate surface area is 254 Å². The number of aliphatic hydroxyl groups is 1. The number of hydrogen-bond acceptors (Lipinski definition) is 4. The number of anilines is 1. The zero-order valence-corrected chi connectivity index (χ0v) is 24.6. The highest BCUT2D eigenvalue weighted by Gasteiger charge is 2.41. The molecule has 1 aliphatic heterocycles.